The van der Waals surface area contributed by atoms with Crippen molar-refractivity contribution in [2.24, 2.45) is 0 Å². The van der Waals surface area contributed by atoms with Crippen molar-refractivity contribution < 1.29 is 4.57 Å². The largest absolute Gasteiger partial charge is 0.319 e. The molecule has 0 unspecified atom stereocenters. The van der Waals surface area contributed by atoms with Gasteiger partial charge in [-0.25, -0.2) is 0 Å². The Balaban J connectivity index is 2.50. The van der Waals surface area contributed by atoms with Gasteiger partial charge in [0.25, 0.3) is 0 Å². The summed E-state index contributed by atoms with van der Waals surface area (Å²) in [7, 11) is -2.39. The van der Waals surface area contributed by atoms with E-state index in [4.69, 9.17) is 0 Å². The molecule has 0 radical (unpaired) electrons. The lowest BCUT2D eigenvalue weighted by atomic mass is 10.1. The van der Waals surface area contributed by atoms with Gasteiger partial charge >= 0.3 is 0 Å². The van der Waals surface area contributed by atoms with E-state index in [2.05, 4.69) is 44.2 Å². The summed E-state index contributed by atoms with van der Waals surface area (Å²) in [6.07, 6.45) is 8.02. The second kappa shape index (κ2) is 9.64. The molecule has 0 aliphatic heterocycles. The highest BCUT2D eigenvalue weighted by Gasteiger charge is 2.27. The van der Waals surface area contributed by atoms with Crippen LogP contribution >= 0.6 is 7.14 Å². The number of hydrogen-bond donors (Lipinski definition) is 0. The number of unbranched alkanes of at least 4 members (excludes halogenated alkanes) is 2. The molecule has 0 heterocycles. The smallest absolute Gasteiger partial charge is 0.116 e. The average Bonchev–Trinajstić information content (AvgIpc) is 2.64. The molecule has 0 bridgehead atoms. The van der Waals surface area contributed by atoms with Crippen molar-refractivity contribution in [1.29, 1.82) is 0 Å². The maximum absolute atomic E-state index is 14.0. The zero-order chi connectivity index (χ0) is 17.3. The van der Waals surface area contributed by atoms with Crippen molar-refractivity contribution >= 4 is 18.5 Å². The summed E-state index contributed by atoms with van der Waals surface area (Å²) in [5, 5.41) is 1.05. The van der Waals surface area contributed by atoms with Crippen molar-refractivity contribution in [3.63, 3.8) is 0 Å². The fraction of sp³-hybridized carbons (Fsp3) is 0.364. The monoisotopic (exact) mass is 340 g/mol. The Hall–Kier alpha value is -1.59. The highest BCUT2D eigenvalue weighted by atomic mass is 31.2. The van der Waals surface area contributed by atoms with Crippen LogP contribution < -0.4 is 0 Å². The number of rotatable bonds is 9. The highest BCUT2D eigenvalue weighted by Crippen LogP contribution is 2.60. The molecule has 2 heteroatoms. The zero-order valence-electron chi connectivity index (χ0n) is 14.9. The Kier molecular flexibility index (Phi) is 7.53. The van der Waals surface area contributed by atoms with E-state index >= 15 is 0 Å². The second-order valence-corrected chi connectivity index (χ2v) is 9.50. The van der Waals surface area contributed by atoms with Gasteiger partial charge in [-0.15, -0.1) is 0 Å². The van der Waals surface area contributed by atoms with Crippen LogP contribution in [-0.4, -0.2) is 12.3 Å². The van der Waals surface area contributed by atoms with Gasteiger partial charge in [-0.2, -0.15) is 0 Å². The van der Waals surface area contributed by atoms with Gasteiger partial charge in [-0.05, 0) is 30.0 Å². The molecule has 24 heavy (non-hydrogen) atoms. The fourth-order valence-electron chi connectivity index (χ4n) is 2.93. The SMILES string of the molecule is CCCCP(=O)(CCCC)/C(=C/c1ccccc1)c1ccccc1. The lowest BCUT2D eigenvalue weighted by Gasteiger charge is -2.22. The standard InChI is InChI=1S/C22H29OP/c1-3-5-17-24(23,18-6-4-2)22(21-15-11-8-12-16-21)19-20-13-9-7-10-14-20/h7-16,19H,3-6,17-18H2,1-2H3/b22-19+. The minimum Gasteiger partial charge on any atom is -0.319 e. The summed E-state index contributed by atoms with van der Waals surface area (Å²) in [6.45, 7) is 4.35. The molecule has 0 fully saturated rings. The van der Waals surface area contributed by atoms with E-state index < -0.39 is 7.14 Å². The van der Waals surface area contributed by atoms with Crippen molar-refractivity contribution in [2.45, 2.75) is 39.5 Å². The van der Waals surface area contributed by atoms with E-state index in [0.29, 0.717) is 0 Å². The molecule has 128 valence electrons. The van der Waals surface area contributed by atoms with Gasteiger partial charge in [0.05, 0.1) is 0 Å². The van der Waals surface area contributed by atoms with Gasteiger partial charge < -0.3 is 4.57 Å². The maximum Gasteiger partial charge on any atom is 0.116 e. The topological polar surface area (TPSA) is 17.1 Å². The van der Waals surface area contributed by atoms with Crippen LogP contribution in [0.15, 0.2) is 60.7 Å². The Morgan fingerprint density at radius 2 is 1.33 bits per heavy atom. The first-order valence-corrected chi connectivity index (χ1v) is 11.2. The Morgan fingerprint density at radius 3 is 1.83 bits per heavy atom. The molecule has 0 spiro atoms. The Morgan fingerprint density at radius 1 is 0.833 bits per heavy atom. The van der Waals surface area contributed by atoms with Crippen LogP contribution in [0, 0.1) is 0 Å². The van der Waals surface area contributed by atoms with Gasteiger partial charge in [0.2, 0.25) is 0 Å². The van der Waals surface area contributed by atoms with Crippen LogP contribution in [0.4, 0.5) is 0 Å². The highest BCUT2D eigenvalue weighted by molar-refractivity contribution is 7.74. The molecular weight excluding hydrogens is 311 g/mol. The van der Waals surface area contributed by atoms with E-state index in [9.17, 15) is 4.57 Å². The molecule has 0 atom stereocenters. The predicted octanol–water partition coefficient (Wildman–Crippen LogP) is 7.15. The summed E-state index contributed by atoms with van der Waals surface area (Å²) >= 11 is 0. The molecule has 0 amide bonds. The maximum atomic E-state index is 14.0. The summed E-state index contributed by atoms with van der Waals surface area (Å²) in [4.78, 5) is 0. The zero-order valence-corrected chi connectivity index (χ0v) is 15.8. The van der Waals surface area contributed by atoms with Crippen LogP contribution in [0.5, 0.6) is 0 Å². The quantitative estimate of drug-likeness (QED) is 0.350. The van der Waals surface area contributed by atoms with Crippen molar-refractivity contribution in [1.82, 2.24) is 0 Å². The third kappa shape index (κ3) is 5.21. The minimum absolute atomic E-state index is 0.817. The molecule has 2 aromatic carbocycles. The van der Waals surface area contributed by atoms with Gasteiger partial charge in [0, 0.05) is 17.6 Å². The molecular formula is C22H29OP. The van der Waals surface area contributed by atoms with Crippen LogP contribution in [0.2, 0.25) is 0 Å². The van der Waals surface area contributed by atoms with E-state index in [1.807, 2.05) is 36.4 Å². The summed E-state index contributed by atoms with van der Waals surface area (Å²) in [6, 6.07) is 20.6. The van der Waals surface area contributed by atoms with Crippen LogP contribution in [-0.2, 0) is 4.57 Å². The van der Waals surface area contributed by atoms with E-state index in [1.165, 1.54) is 0 Å². The first-order chi connectivity index (χ1) is 11.7. The normalized spacial score (nSPS) is 12.3. The molecule has 0 saturated carbocycles. The molecule has 0 saturated heterocycles. The lowest BCUT2D eigenvalue weighted by molar-refractivity contribution is 0.577. The van der Waals surface area contributed by atoms with E-state index in [-0.39, 0.29) is 0 Å². The molecule has 0 aliphatic carbocycles. The van der Waals surface area contributed by atoms with Gasteiger partial charge in [-0.3, -0.25) is 0 Å². The third-order valence-corrected chi connectivity index (χ3v) is 7.70. The predicted molar refractivity (Wildman–Crippen MR) is 108 cm³/mol. The van der Waals surface area contributed by atoms with Crippen molar-refractivity contribution in [3.8, 4) is 0 Å². The van der Waals surface area contributed by atoms with E-state index in [0.717, 1.165) is 54.4 Å². The van der Waals surface area contributed by atoms with Gasteiger partial charge in [0.1, 0.15) is 7.14 Å². The molecule has 0 aromatic heterocycles. The summed E-state index contributed by atoms with van der Waals surface area (Å²) in [5.41, 5.74) is 2.24. The summed E-state index contributed by atoms with van der Waals surface area (Å²) in [5.74, 6) is 0. The van der Waals surface area contributed by atoms with Gasteiger partial charge in [-0.1, -0.05) is 87.4 Å². The van der Waals surface area contributed by atoms with Crippen LogP contribution in [0.3, 0.4) is 0 Å². The first kappa shape index (κ1) is 18.7. The fourth-order valence-corrected chi connectivity index (χ4v) is 6.30. The molecule has 0 N–H and O–H groups in total. The second-order valence-electron chi connectivity index (χ2n) is 6.35. The number of benzene rings is 2. The molecule has 2 rings (SSSR count). The molecule has 1 nitrogen and oxygen atoms in total. The Labute approximate surface area is 147 Å². The van der Waals surface area contributed by atoms with Crippen molar-refractivity contribution in [3.05, 3.63) is 71.8 Å². The molecule has 2 aromatic rings. The van der Waals surface area contributed by atoms with Crippen LogP contribution in [0.1, 0.15) is 50.7 Å². The molecule has 0 aliphatic rings. The van der Waals surface area contributed by atoms with Gasteiger partial charge in [0.15, 0.2) is 0 Å². The Bertz CT molecular complexity index is 662. The van der Waals surface area contributed by atoms with E-state index in [1.54, 1.807) is 0 Å². The summed E-state index contributed by atoms with van der Waals surface area (Å²) < 4.78 is 14.0. The van der Waals surface area contributed by atoms with Crippen LogP contribution in [0.25, 0.3) is 11.4 Å². The number of hydrogen-bond acceptors (Lipinski definition) is 1. The lowest BCUT2D eigenvalue weighted by Crippen LogP contribution is -1.99. The minimum atomic E-state index is -2.39. The first-order valence-electron chi connectivity index (χ1n) is 9.10. The average molecular weight is 340 g/mol. The third-order valence-electron chi connectivity index (χ3n) is 4.36. The van der Waals surface area contributed by atoms with Crippen molar-refractivity contribution in [2.75, 3.05) is 12.3 Å².